The van der Waals surface area contributed by atoms with Crippen LogP contribution in [0.1, 0.15) is 16.1 Å². The fourth-order valence-electron chi connectivity index (χ4n) is 2.65. The Morgan fingerprint density at radius 1 is 1.11 bits per heavy atom. The molecule has 0 aliphatic heterocycles. The number of thioether (sulfide) groups is 1. The van der Waals surface area contributed by atoms with E-state index in [9.17, 15) is 9.18 Å². The summed E-state index contributed by atoms with van der Waals surface area (Å²) in [6, 6.07) is 12.9. The van der Waals surface area contributed by atoms with Gasteiger partial charge in [0.25, 0.3) is 0 Å². The summed E-state index contributed by atoms with van der Waals surface area (Å²) in [6.45, 7) is 0.428. The van der Waals surface area contributed by atoms with Gasteiger partial charge in [-0.05, 0) is 48.5 Å². The Bertz CT molecular complexity index is 1060. The highest BCUT2D eigenvalue weighted by molar-refractivity contribution is 7.99. The number of rotatable bonds is 7. The van der Waals surface area contributed by atoms with Gasteiger partial charge in [-0.15, -0.1) is 10.2 Å². The third kappa shape index (κ3) is 4.01. The summed E-state index contributed by atoms with van der Waals surface area (Å²) < 4.78 is 20.4. The molecule has 0 atom stereocenters. The molecule has 0 spiro atoms. The Morgan fingerprint density at radius 3 is 2.68 bits per heavy atom. The summed E-state index contributed by atoms with van der Waals surface area (Å²) in [6.07, 6.45) is 5.00. The predicted molar refractivity (Wildman–Crippen MR) is 103 cm³/mol. The van der Waals surface area contributed by atoms with E-state index in [4.69, 9.17) is 4.42 Å². The van der Waals surface area contributed by atoms with E-state index in [0.29, 0.717) is 23.1 Å². The van der Waals surface area contributed by atoms with E-state index in [1.807, 2.05) is 28.8 Å². The second-order valence-corrected chi connectivity index (χ2v) is 6.87. The number of hydrogen-bond donors (Lipinski definition) is 0. The maximum absolute atomic E-state index is 13.0. The van der Waals surface area contributed by atoms with Gasteiger partial charge in [-0.3, -0.25) is 14.3 Å². The lowest BCUT2D eigenvalue weighted by atomic mass is 10.1. The maximum atomic E-state index is 13.0. The van der Waals surface area contributed by atoms with Crippen molar-refractivity contribution in [2.75, 3.05) is 5.75 Å². The van der Waals surface area contributed by atoms with Crippen molar-refractivity contribution in [2.24, 2.45) is 0 Å². The Labute approximate surface area is 164 Å². The second kappa shape index (κ2) is 8.18. The van der Waals surface area contributed by atoms with Crippen LogP contribution in [0.3, 0.4) is 0 Å². The van der Waals surface area contributed by atoms with E-state index >= 15 is 0 Å². The van der Waals surface area contributed by atoms with Crippen molar-refractivity contribution in [2.45, 2.75) is 11.7 Å². The number of carbonyl (C=O) groups excluding carboxylic acids is 1. The largest absolute Gasteiger partial charge is 0.467 e. The molecule has 0 saturated carbocycles. The standard InChI is InChI=1S/C20H15FN4O2S/c21-16-7-5-14(6-8-16)18(26)13-28-20-24-23-19(15-3-1-9-22-11-15)25(20)12-17-4-2-10-27-17/h1-11H,12-13H2. The van der Waals surface area contributed by atoms with Gasteiger partial charge in [0.05, 0.1) is 18.6 Å². The number of carbonyl (C=O) groups is 1. The topological polar surface area (TPSA) is 73.8 Å². The Morgan fingerprint density at radius 2 is 1.96 bits per heavy atom. The van der Waals surface area contributed by atoms with Crippen LogP contribution in [-0.4, -0.2) is 31.3 Å². The van der Waals surface area contributed by atoms with Gasteiger partial charge in [-0.25, -0.2) is 4.39 Å². The third-order valence-corrected chi connectivity index (χ3v) is 5.00. The van der Waals surface area contributed by atoms with Gasteiger partial charge in [-0.1, -0.05) is 11.8 Å². The molecule has 0 radical (unpaired) electrons. The van der Waals surface area contributed by atoms with Gasteiger partial charge < -0.3 is 4.42 Å². The average molecular weight is 394 g/mol. The summed E-state index contributed by atoms with van der Waals surface area (Å²) in [7, 11) is 0. The van der Waals surface area contributed by atoms with Crippen LogP contribution in [-0.2, 0) is 6.54 Å². The Balaban J connectivity index is 1.58. The molecule has 1 aromatic carbocycles. The molecule has 0 unspecified atom stereocenters. The Kier molecular flexibility index (Phi) is 5.29. The molecule has 4 rings (SSSR count). The first kappa shape index (κ1) is 18.1. The van der Waals surface area contributed by atoms with Crippen molar-refractivity contribution < 1.29 is 13.6 Å². The number of nitrogens with zero attached hydrogens (tertiary/aromatic N) is 4. The number of furan rings is 1. The minimum Gasteiger partial charge on any atom is -0.467 e. The lowest BCUT2D eigenvalue weighted by Gasteiger charge is -2.08. The average Bonchev–Trinajstić information content (AvgIpc) is 3.38. The van der Waals surface area contributed by atoms with Gasteiger partial charge >= 0.3 is 0 Å². The van der Waals surface area contributed by atoms with Crippen LogP contribution in [0.5, 0.6) is 0 Å². The van der Waals surface area contributed by atoms with Crippen LogP contribution in [0.15, 0.2) is 76.8 Å². The van der Waals surface area contributed by atoms with E-state index in [-0.39, 0.29) is 17.4 Å². The second-order valence-electron chi connectivity index (χ2n) is 5.93. The van der Waals surface area contributed by atoms with Crippen molar-refractivity contribution in [1.29, 1.82) is 0 Å². The number of Topliss-reactive ketones (excluding diaryl/α,β-unsaturated/α-hetero) is 1. The molecule has 3 heterocycles. The molecule has 28 heavy (non-hydrogen) atoms. The van der Waals surface area contributed by atoms with Gasteiger partial charge in [-0.2, -0.15) is 0 Å². The van der Waals surface area contributed by atoms with Crippen LogP contribution in [0.2, 0.25) is 0 Å². The molecule has 0 N–H and O–H groups in total. The maximum Gasteiger partial charge on any atom is 0.192 e. The van der Waals surface area contributed by atoms with Gasteiger partial charge in [0.15, 0.2) is 16.8 Å². The smallest absolute Gasteiger partial charge is 0.192 e. The molecule has 0 aliphatic rings. The minimum atomic E-state index is -0.372. The first-order valence-electron chi connectivity index (χ1n) is 8.48. The molecule has 6 nitrogen and oxygen atoms in total. The van der Waals surface area contributed by atoms with Crippen molar-refractivity contribution in [1.82, 2.24) is 19.7 Å². The van der Waals surface area contributed by atoms with Crippen molar-refractivity contribution in [3.63, 3.8) is 0 Å². The molecular weight excluding hydrogens is 379 g/mol. The van der Waals surface area contributed by atoms with E-state index in [2.05, 4.69) is 15.2 Å². The van der Waals surface area contributed by atoms with Crippen molar-refractivity contribution in [3.8, 4) is 11.4 Å². The van der Waals surface area contributed by atoms with Gasteiger partial charge in [0.2, 0.25) is 0 Å². The number of benzene rings is 1. The summed E-state index contributed by atoms with van der Waals surface area (Å²) in [5.74, 6) is 1.07. The van der Waals surface area contributed by atoms with E-state index in [0.717, 1.165) is 11.3 Å². The van der Waals surface area contributed by atoms with Gasteiger partial charge in [0, 0.05) is 23.5 Å². The zero-order valence-electron chi connectivity index (χ0n) is 14.7. The summed E-state index contributed by atoms with van der Waals surface area (Å²) in [5.41, 5.74) is 1.27. The lowest BCUT2D eigenvalue weighted by Crippen LogP contribution is -2.07. The summed E-state index contributed by atoms with van der Waals surface area (Å²) in [4.78, 5) is 16.5. The monoisotopic (exact) mass is 394 g/mol. The molecule has 0 aliphatic carbocycles. The molecule has 0 amide bonds. The zero-order valence-corrected chi connectivity index (χ0v) is 15.5. The number of pyridine rings is 1. The molecular formula is C20H15FN4O2S. The number of aromatic nitrogens is 4. The van der Waals surface area contributed by atoms with E-state index in [1.54, 1.807) is 18.7 Å². The first-order chi connectivity index (χ1) is 13.7. The highest BCUT2D eigenvalue weighted by Gasteiger charge is 2.17. The third-order valence-electron chi connectivity index (χ3n) is 4.03. The number of ketones is 1. The zero-order chi connectivity index (χ0) is 19.3. The number of halogens is 1. The quantitative estimate of drug-likeness (QED) is 0.347. The molecule has 8 heteroatoms. The van der Waals surface area contributed by atoms with E-state index < -0.39 is 0 Å². The van der Waals surface area contributed by atoms with Crippen molar-refractivity contribution in [3.05, 3.63) is 84.3 Å². The van der Waals surface area contributed by atoms with Gasteiger partial charge in [0.1, 0.15) is 11.6 Å². The Hall–Kier alpha value is -3.26. The SMILES string of the molecule is O=C(CSc1nnc(-c2cccnc2)n1Cc1ccco1)c1ccc(F)cc1. The van der Waals surface area contributed by atoms with Crippen LogP contribution in [0, 0.1) is 5.82 Å². The lowest BCUT2D eigenvalue weighted by molar-refractivity contribution is 0.102. The molecule has 3 aromatic heterocycles. The summed E-state index contributed by atoms with van der Waals surface area (Å²) >= 11 is 1.28. The molecule has 0 fully saturated rings. The molecule has 4 aromatic rings. The molecule has 140 valence electrons. The first-order valence-corrected chi connectivity index (χ1v) is 9.47. The van der Waals surface area contributed by atoms with Crippen molar-refractivity contribution >= 4 is 17.5 Å². The fourth-order valence-corrected chi connectivity index (χ4v) is 3.49. The molecule has 0 saturated heterocycles. The van der Waals surface area contributed by atoms with Crippen LogP contribution in [0.4, 0.5) is 4.39 Å². The fraction of sp³-hybridized carbons (Fsp3) is 0.100. The number of hydrogen-bond acceptors (Lipinski definition) is 6. The highest BCUT2D eigenvalue weighted by atomic mass is 32.2. The predicted octanol–water partition coefficient (Wildman–Crippen LogP) is 4.10. The van der Waals surface area contributed by atoms with Crippen LogP contribution >= 0.6 is 11.8 Å². The molecule has 0 bridgehead atoms. The van der Waals surface area contributed by atoms with E-state index in [1.165, 1.54) is 36.0 Å². The summed E-state index contributed by atoms with van der Waals surface area (Å²) in [5, 5.41) is 9.11. The highest BCUT2D eigenvalue weighted by Crippen LogP contribution is 2.25. The normalized spacial score (nSPS) is 10.9. The van der Waals surface area contributed by atoms with Crippen LogP contribution in [0.25, 0.3) is 11.4 Å². The van der Waals surface area contributed by atoms with Crippen LogP contribution < -0.4 is 0 Å². The minimum absolute atomic E-state index is 0.111.